The second-order valence-corrected chi connectivity index (χ2v) is 4.82. The van der Waals surface area contributed by atoms with Gasteiger partial charge in [-0.1, -0.05) is 51.1 Å². The number of carbonyl (C=O) groups is 1. The van der Waals surface area contributed by atoms with Crippen LogP contribution < -0.4 is 0 Å². The van der Waals surface area contributed by atoms with Crippen LogP contribution in [0.25, 0.3) is 6.08 Å². The van der Waals surface area contributed by atoms with E-state index < -0.39 is 0 Å². The third-order valence-electron chi connectivity index (χ3n) is 2.26. The molecule has 80 valence electrons. The van der Waals surface area contributed by atoms with E-state index in [0.717, 1.165) is 5.56 Å². The molecule has 0 atom stereocenters. The molecular weight excluding hydrogens is 184 g/mol. The molecule has 0 aliphatic rings. The lowest BCUT2D eigenvalue weighted by Gasteiger charge is -2.19. The normalized spacial score (nSPS) is 12.0. The molecule has 0 N–H and O–H groups in total. The van der Waals surface area contributed by atoms with Crippen LogP contribution in [0.4, 0.5) is 0 Å². The maximum atomic E-state index is 10.8. The van der Waals surface area contributed by atoms with Crippen molar-refractivity contribution in [1.82, 2.24) is 0 Å². The highest BCUT2D eigenvalue weighted by Crippen LogP contribution is 2.23. The first-order chi connectivity index (χ1) is 6.89. The molecule has 0 saturated heterocycles. The summed E-state index contributed by atoms with van der Waals surface area (Å²) in [6.07, 6.45) is 3.46. The molecule has 0 fully saturated rings. The average Bonchev–Trinajstić information content (AvgIpc) is 2.14. The minimum atomic E-state index is 0.0798. The molecular formula is C14H18O. The maximum absolute atomic E-state index is 10.8. The Bertz CT molecular complexity index is 381. The van der Waals surface area contributed by atoms with Gasteiger partial charge in [0.1, 0.15) is 0 Å². The molecule has 0 spiro atoms. The minimum absolute atomic E-state index is 0.0798. The number of benzene rings is 1. The number of carbonyl (C=O) groups excluding carboxylic acids is 1. The summed E-state index contributed by atoms with van der Waals surface area (Å²) in [5.41, 5.74) is 2.52. The molecule has 1 aromatic carbocycles. The molecule has 1 aromatic rings. The largest absolute Gasteiger partial charge is 0.295 e. The van der Waals surface area contributed by atoms with Crippen LogP contribution in [-0.4, -0.2) is 5.78 Å². The summed E-state index contributed by atoms with van der Waals surface area (Å²) >= 11 is 0. The Hall–Kier alpha value is -1.37. The summed E-state index contributed by atoms with van der Waals surface area (Å²) in [6.45, 7) is 8.10. The van der Waals surface area contributed by atoms with E-state index >= 15 is 0 Å². The van der Waals surface area contributed by atoms with Crippen LogP contribution in [0.15, 0.2) is 30.3 Å². The monoisotopic (exact) mass is 202 g/mol. The van der Waals surface area contributed by atoms with Crippen LogP contribution in [0.3, 0.4) is 0 Å². The van der Waals surface area contributed by atoms with Gasteiger partial charge in [-0.05, 0) is 29.5 Å². The van der Waals surface area contributed by atoms with E-state index in [0.29, 0.717) is 0 Å². The fourth-order valence-electron chi connectivity index (χ4n) is 1.32. The summed E-state index contributed by atoms with van der Waals surface area (Å²) in [6, 6.07) is 8.28. The maximum Gasteiger partial charge on any atom is 0.152 e. The van der Waals surface area contributed by atoms with E-state index in [1.54, 1.807) is 13.0 Å². The summed E-state index contributed by atoms with van der Waals surface area (Å²) in [5.74, 6) is 0.0798. The number of ketones is 1. The van der Waals surface area contributed by atoms with Gasteiger partial charge in [-0.3, -0.25) is 4.79 Å². The Balaban J connectivity index is 2.98. The van der Waals surface area contributed by atoms with E-state index in [1.165, 1.54) is 5.56 Å². The Labute approximate surface area is 91.8 Å². The lowest BCUT2D eigenvalue weighted by atomic mass is 9.86. The molecule has 0 amide bonds. The van der Waals surface area contributed by atoms with Gasteiger partial charge in [-0.25, -0.2) is 0 Å². The molecule has 0 aliphatic carbocycles. The molecule has 1 rings (SSSR count). The van der Waals surface area contributed by atoms with Gasteiger partial charge >= 0.3 is 0 Å². The van der Waals surface area contributed by atoms with Crippen LogP contribution in [0, 0.1) is 0 Å². The molecule has 1 heteroatoms. The van der Waals surface area contributed by atoms with Crippen LogP contribution in [0.1, 0.15) is 38.8 Å². The minimum Gasteiger partial charge on any atom is -0.295 e. The van der Waals surface area contributed by atoms with E-state index in [4.69, 9.17) is 0 Å². The lowest BCUT2D eigenvalue weighted by molar-refractivity contribution is -0.112. The highest BCUT2D eigenvalue weighted by Gasteiger charge is 2.12. The van der Waals surface area contributed by atoms with Gasteiger partial charge < -0.3 is 0 Å². The zero-order valence-electron chi connectivity index (χ0n) is 9.87. The zero-order valence-corrected chi connectivity index (χ0v) is 9.87. The summed E-state index contributed by atoms with van der Waals surface area (Å²) in [5, 5.41) is 0. The molecule has 0 radical (unpaired) electrons. The van der Waals surface area contributed by atoms with Crippen molar-refractivity contribution in [3.8, 4) is 0 Å². The second kappa shape index (κ2) is 4.43. The van der Waals surface area contributed by atoms with Gasteiger partial charge in [0.15, 0.2) is 5.78 Å². The summed E-state index contributed by atoms with van der Waals surface area (Å²) in [4.78, 5) is 10.8. The lowest BCUT2D eigenvalue weighted by Crippen LogP contribution is -2.10. The van der Waals surface area contributed by atoms with Crippen molar-refractivity contribution in [1.29, 1.82) is 0 Å². The van der Waals surface area contributed by atoms with Gasteiger partial charge in [0.05, 0.1) is 0 Å². The Morgan fingerprint density at radius 3 is 2.47 bits per heavy atom. The van der Waals surface area contributed by atoms with Crippen molar-refractivity contribution in [2.24, 2.45) is 0 Å². The van der Waals surface area contributed by atoms with Crippen LogP contribution >= 0.6 is 0 Å². The molecule has 0 heterocycles. The summed E-state index contributed by atoms with van der Waals surface area (Å²) in [7, 11) is 0. The molecule has 0 unspecified atom stereocenters. The first kappa shape index (κ1) is 11.7. The third kappa shape index (κ3) is 3.70. The number of rotatable bonds is 2. The quantitative estimate of drug-likeness (QED) is 0.670. The summed E-state index contributed by atoms with van der Waals surface area (Å²) < 4.78 is 0. The van der Waals surface area contributed by atoms with E-state index in [2.05, 4.69) is 32.9 Å². The fraction of sp³-hybridized carbons (Fsp3) is 0.357. The number of hydrogen-bond acceptors (Lipinski definition) is 1. The van der Waals surface area contributed by atoms with Crippen molar-refractivity contribution < 1.29 is 4.79 Å². The van der Waals surface area contributed by atoms with Crippen molar-refractivity contribution in [2.45, 2.75) is 33.1 Å². The molecule has 1 nitrogen and oxygen atoms in total. The molecule has 0 bridgehead atoms. The van der Waals surface area contributed by atoms with Crippen LogP contribution in [0.2, 0.25) is 0 Å². The van der Waals surface area contributed by atoms with Crippen LogP contribution in [-0.2, 0) is 10.2 Å². The van der Waals surface area contributed by atoms with Gasteiger partial charge in [0, 0.05) is 0 Å². The predicted molar refractivity (Wildman–Crippen MR) is 64.9 cm³/mol. The van der Waals surface area contributed by atoms with Gasteiger partial charge in [-0.2, -0.15) is 0 Å². The predicted octanol–water partition coefficient (Wildman–Crippen LogP) is 3.59. The smallest absolute Gasteiger partial charge is 0.152 e. The second-order valence-electron chi connectivity index (χ2n) is 4.82. The van der Waals surface area contributed by atoms with E-state index in [-0.39, 0.29) is 11.2 Å². The van der Waals surface area contributed by atoms with E-state index in [1.807, 2.05) is 18.2 Å². The number of hydrogen-bond donors (Lipinski definition) is 0. The Kier molecular flexibility index (Phi) is 3.46. The third-order valence-corrected chi connectivity index (χ3v) is 2.26. The number of allylic oxidation sites excluding steroid dienone is 1. The van der Waals surface area contributed by atoms with Crippen molar-refractivity contribution in [3.05, 3.63) is 41.5 Å². The van der Waals surface area contributed by atoms with E-state index in [9.17, 15) is 4.79 Å². The Morgan fingerprint density at radius 1 is 1.27 bits per heavy atom. The average molecular weight is 202 g/mol. The Morgan fingerprint density at radius 2 is 1.93 bits per heavy atom. The topological polar surface area (TPSA) is 17.1 Å². The van der Waals surface area contributed by atoms with Gasteiger partial charge in [0.2, 0.25) is 0 Å². The molecule has 0 saturated carbocycles. The van der Waals surface area contributed by atoms with Crippen LogP contribution in [0.5, 0.6) is 0 Å². The van der Waals surface area contributed by atoms with Crippen molar-refractivity contribution in [3.63, 3.8) is 0 Å². The first-order valence-corrected chi connectivity index (χ1v) is 5.19. The fourth-order valence-corrected chi connectivity index (χ4v) is 1.32. The zero-order chi connectivity index (χ0) is 11.5. The first-order valence-electron chi connectivity index (χ1n) is 5.19. The highest BCUT2D eigenvalue weighted by atomic mass is 16.1. The molecule has 0 aromatic heterocycles. The van der Waals surface area contributed by atoms with Crippen molar-refractivity contribution >= 4 is 11.9 Å². The SMILES string of the molecule is CC(=O)/C=C/c1cccc(C(C)(C)C)c1. The highest BCUT2D eigenvalue weighted by molar-refractivity contribution is 5.91. The standard InChI is InChI=1S/C14H18O/c1-11(15)8-9-12-6-5-7-13(10-12)14(2,3)4/h5-10H,1-4H3/b9-8+. The van der Waals surface area contributed by atoms with Crippen molar-refractivity contribution in [2.75, 3.05) is 0 Å². The van der Waals surface area contributed by atoms with Gasteiger partial charge in [0.25, 0.3) is 0 Å². The molecule has 15 heavy (non-hydrogen) atoms. The van der Waals surface area contributed by atoms with Gasteiger partial charge in [-0.15, -0.1) is 0 Å². The molecule has 0 aliphatic heterocycles.